The fourth-order valence-electron chi connectivity index (χ4n) is 1.80. The van der Waals surface area contributed by atoms with Crippen LogP contribution in [0.2, 0.25) is 0 Å². The molecular formula is C13H13BrF3N3. The summed E-state index contributed by atoms with van der Waals surface area (Å²) in [6.45, 7) is 1.89. The Labute approximate surface area is 122 Å². The van der Waals surface area contributed by atoms with Gasteiger partial charge >= 0.3 is 6.18 Å². The second-order valence-corrected chi connectivity index (χ2v) is 5.48. The van der Waals surface area contributed by atoms with E-state index in [2.05, 4.69) is 21.0 Å². The zero-order chi connectivity index (χ0) is 14.9. The van der Waals surface area contributed by atoms with Crippen LogP contribution < -0.4 is 5.73 Å². The average Bonchev–Trinajstić information content (AvgIpc) is 2.80. The van der Waals surface area contributed by atoms with E-state index in [0.717, 1.165) is 22.4 Å². The van der Waals surface area contributed by atoms with Crippen molar-refractivity contribution in [1.82, 2.24) is 9.78 Å². The third-order valence-corrected chi connectivity index (χ3v) is 3.49. The first-order valence-corrected chi connectivity index (χ1v) is 6.73. The lowest BCUT2D eigenvalue weighted by molar-refractivity contribution is -0.137. The van der Waals surface area contributed by atoms with E-state index in [1.807, 2.05) is 13.0 Å². The topological polar surface area (TPSA) is 43.8 Å². The van der Waals surface area contributed by atoms with Gasteiger partial charge in [0.1, 0.15) is 0 Å². The molecule has 1 aromatic heterocycles. The number of nitrogens with two attached hydrogens (primary N) is 1. The molecule has 7 heteroatoms. The van der Waals surface area contributed by atoms with Crippen LogP contribution in [0.1, 0.15) is 18.1 Å². The molecule has 1 unspecified atom stereocenters. The molecule has 0 amide bonds. The summed E-state index contributed by atoms with van der Waals surface area (Å²) in [4.78, 5) is 0. The van der Waals surface area contributed by atoms with E-state index in [4.69, 9.17) is 5.73 Å². The zero-order valence-electron chi connectivity index (χ0n) is 10.7. The molecule has 0 aliphatic rings. The molecule has 0 saturated carbocycles. The maximum Gasteiger partial charge on any atom is 0.419 e. The Balaban J connectivity index is 2.30. The quantitative estimate of drug-likeness (QED) is 0.922. The summed E-state index contributed by atoms with van der Waals surface area (Å²) in [5.41, 5.74) is 6.52. The smallest absolute Gasteiger partial charge is 0.328 e. The number of hydrogen-bond acceptors (Lipinski definition) is 2. The van der Waals surface area contributed by atoms with Gasteiger partial charge in [-0.3, -0.25) is 0 Å². The van der Waals surface area contributed by atoms with Gasteiger partial charge in [0, 0.05) is 16.7 Å². The van der Waals surface area contributed by atoms with Crippen molar-refractivity contribution in [2.24, 2.45) is 5.73 Å². The molecule has 0 aliphatic carbocycles. The monoisotopic (exact) mass is 347 g/mol. The minimum absolute atomic E-state index is 0.0127. The van der Waals surface area contributed by atoms with Crippen molar-refractivity contribution in [1.29, 1.82) is 0 Å². The predicted molar refractivity (Wildman–Crippen MR) is 73.6 cm³/mol. The highest BCUT2D eigenvalue weighted by Crippen LogP contribution is 2.29. The van der Waals surface area contributed by atoms with Crippen LogP contribution in [0.5, 0.6) is 0 Å². The minimum Gasteiger partial charge on any atom is -0.328 e. The number of benzene rings is 1. The fraction of sp³-hybridized carbons (Fsp3) is 0.308. The maximum absolute atomic E-state index is 12.5. The first-order valence-electron chi connectivity index (χ1n) is 5.93. The molecule has 0 bridgehead atoms. The largest absolute Gasteiger partial charge is 0.419 e. The zero-order valence-corrected chi connectivity index (χ0v) is 12.2. The van der Waals surface area contributed by atoms with Gasteiger partial charge in [0.05, 0.1) is 17.4 Å². The molecule has 1 heterocycles. The predicted octanol–water partition coefficient (Wildman–Crippen LogP) is 3.54. The molecule has 2 aromatic rings. The van der Waals surface area contributed by atoms with E-state index in [1.54, 1.807) is 12.1 Å². The Morgan fingerprint density at radius 2 is 2.10 bits per heavy atom. The maximum atomic E-state index is 12.5. The van der Waals surface area contributed by atoms with Gasteiger partial charge in [-0.25, -0.2) is 4.68 Å². The van der Waals surface area contributed by atoms with Crippen LogP contribution in [0.25, 0.3) is 5.69 Å². The van der Waals surface area contributed by atoms with Crippen LogP contribution in [0.4, 0.5) is 13.2 Å². The molecule has 0 saturated heterocycles. The first-order chi connectivity index (χ1) is 9.27. The lowest BCUT2D eigenvalue weighted by atomic mass is 10.1. The van der Waals surface area contributed by atoms with Gasteiger partial charge in [-0.05, 0) is 31.0 Å². The van der Waals surface area contributed by atoms with E-state index in [-0.39, 0.29) is 6.04 Å². The van der Waals surface area contributed by atoms with Crippen molar-refractivity contribution in [3.8, 4) is 5.69 Å². The van der Waals surface area contributed by atoms with Crippen LogP contribution in [0.15, 0.2) is 35.1 Å². The van der Waals surface area contributed by atoms with Crippen molar-refractivity contribution >= 4 is 15.9 Å². The molecule has 1 atom stereocenters. The molecule has 0 spiro atoms. The summed E-state index contributed by atoms with van der Waals surface area (Å²) in [7, 11) is 0. The summed E-state index contributed by atoms with van der Waals surface area (Å²) in [6.07, 6.45) is -1.92. The van der Waals surface area contributed by atoms with Gasteiger partial charge in [0.2, 0.25) is 0 Å². The van der Waals surface area contributed by atoms with Crippen molar-refractivity contribution < 1.29 is 13.2 Å². The number of alkyl halides is 3. The van der Waals surface area contributed by atoms with E-state index in [0.29, 0.717) is 12.1 Å². The van der Waals surface area contributed by atoms with Crippen LogP contribution >= 0.6 is 15.9 Å². The van der Waals surface area contributed by atoms with Gasteiger partial charge in [-0.15, -0.1) is 0 Å². The average molecular weight is 348 g/mol. The Hall–Kier alpha value is -1.34. The molecule has 0 radical (unpaired) electrons. The van der Waals surface area contributed by atoms with Crippen molar-refractivity contribution in [2.75, 3.05) is 0 Å². The van der Waals surface area contributed by atoms with Crippen molar-refractivity contribution in [3.05, 3.63) is 46.2 Å². The van der Waals surface area contributed by atoms with Crippen molar-refractivity contribution in [2.45, 2.75) is 25.6 Å². The highest BCUT2D eigenvalue weighted by molar-refractivity contribution is 9.10. The van der Waals surface area contributed by atoms with E-state index < -0.39 is 11.7 Å². The van der Waals surface area contributed by atoms with Gasteiger partial charge in [-0.2, -0.15) is 18.3 Å². The molecule has 1 aromatic carbocycles. The van der Waals surface area contributed by atoms with Gasteiger partial charge < -0.3 is 5.73 Å². The van der Waals surface area contributed by atoms with Crippen LogP contribution in [0.3, 0.4) is 0 Å². The Kier molecular flexibility index (Phi) is 4.19. The normalized spacial score (nSPS) is 13.5. The Morgan fingerprint density at radius 1 is 1.40 bits per heavy atom. The molecule has 2 N–H and O–H groups in total. The molecule has 0 fully saturated rings. The number of hydrogen-bond donors (Lipinski definition) is 1. The summed E-state index contributed by atoms with van der Waals surface area (Å²) >= 11 is 3.40. The molecule has 108 valence electrons. The second-order valence-electron chi connectivity index (χ2n) is 4.63. The molecule has 20 heavy (non-hydrogen) atoms. The summed E-state index contributed by atoms with van der Waals surface area (Å²) in [5, 5.41) is 3.74. The van der Waals surface area contributed by atoms with E-state index in [1.165, 1.54) is 4.68 Å². The fourth-order valence-corrected chi connectivity index (χ4v) is 2.33. The molecular weight excluding hydrogens is 335 g/mol. The number of halogens is 4. The second kappa shape index (κ2) is 5.57. The first kappa shape index (κ1) is 15.1. The van der Waals surface area contributed by atoms with Crippen LogP contribution in [-0.2, 0) is 12.6 Å². The lowest BCUT2D eigenvalue weighted by Crippen LogP contribution is -2.18. The van der Waals surface area contributed by atoms with Crippen molar-refractivity contribution in [3.63, 3.8) is 0 Å². The third kappa shape index (κ3) is 3.40. The van der Waals surface area contributed by atoms with Crippen LogP contribution in [-0.4, -0.2) is 15.8 Å². The van der Waals surface area contributed by atoms with Crippen LogP contribution in [0, 0.1) is 0 Å². The molecule has 2 rings (SSSR count). The van der Waals surface area contributed by atoms with Gasteiger partial charge in [0.15, 0.2) is 0 Å². The van der Waals surface area contributed by atoms with Gasteiger partial charge in [0.25, 0.3) is 0 Å². The highest BCUT2D eigenvalue weighted by Gasteiger charge is 2.32. The summed E-state index contributed by atoms with van der Waals surface area (Å²) in [5.74, 6) is 0. The van der Waals surface area contributed by atoms with E-state index >= 15 is 0 Å². The Bertz CT molecular complexity index is 605. The number of aromatic nitrogens is 2. The van der Waals surface area contributed by atoms with Gasteiger partial charge in [-0.1, -0.05) is 22.0 Å². The standard InChI is InChI=1S/C13H13BrF3N3/c1-8(18)4-9-2-3-11(5-12(9)14)20-7-10(6-19-20)13(15,16)17/h2-3,5-8H,4,18H2,1H3. The highest BCUT2D eigenvalue weighted by atomic mass is 79.9. The minimum atomic E-state index is -4.38. The Morgan fingerprint density at radius 3 is 2.60 bits per heavy atom. The summed E-state index contributed by atoms with van der Waals surface area (Å²) < 4.78 is 39.6. The molecule has 0 aliphatic heterocycles. The van der Waals surface area contributed by atoms with E-state index in [9.17, 15) is 13.2 Å². The lowest BCUT2D eigenvalue weighted by Gasteiger charge is -2.09. The SMILES string of the molecule is CC(N)Cc1ccc(-n2cc(C(F)(F)F)cn2)cc1Br. The molecule has 3 nitrogen and oxygen atoms in total. The summed E-state index contributed by atoms with van der Waals surface area (Å²) in [6, 6.07) is 5.29. The number of rotatable bonds is 3. The third-order valence-electron chi connectivity index (χ3n) is 2.75. The number of nitrogens with zero attached hydrogens (tertiary/aromatic N) is 2.